The number of fused-ring (bicyclic) bond motifs is 1. The van der Waals surface area contributed by atoms with E-state index in [1.54, 1.807) is 12.1 Å². The number of carbonyl (C=O) groups excluding carboxylic acids is 2. The highest BCUT2D eigenvalue weighted by Crippen LogP contribution is 2.42. The first-order valence-electron chi connectivity index (χ1n) is 5.17. The molecule has 0 saturated heterocycles. The molecule has 0 radical (unpaired) electrons. The SMILES string of the molecule is COC(=O)c1ccc2c(c1)NC(=O)C(C)(C)S2. The number of anilines is 1. The highest BCUT2D eigenvalue weighted by atomic mass is 32.2. The molecular formula is C12H13NO3S. The molecule has 0 aromatic heterocycles. The number of rotatable bonds is 1. The highest BCUT2D eigenvalue weighted by molar-refractivity contribution is 8.01. The second-order valence-corrected chi connectivity index (χ2v) is 5.93. The molecule has 1 amide bonds. The Bertz CT molecular complexity index is 497. The predicted molar refractivity (Wildman–Crippen MR) is 66.3 cm³/mol. The van der Waals surface area contributed by atoms with Crippen molar-refractivity contribution in [1.82, 2.24) is 0 Å². The zero-order valence-electron chi connectivity index (χ0n) is 9.87. The van der Waals surface area contributed by atoms with Crippen LogP contribution in [-0.2, 0) is 9.53 Å². The summed E-state index contributed by atoms with van der Waals surface area (Å²) in [5.41, 5.74) is 1.11. The van der Waals surface area contributed by atoms with Crippen LogP contribution in [0.3, 0.4) is 0 Å². The third kappa shape index (κ3) is 2.15. The van der Waals surface area contributed by atoms with Gasteiger partial charge in [0.1, 0.15) is 0 Å². The van der Waals surface area contributed by atoms with Gasteiger partial charge in [-0.3, -0.25) is 4.79 Å². The Morgan fingerprint density at radius 3 is 2.76 bits per heavy atom. The number of hydrogen-bond donors (Lipinski definition) is 1. The van der Waals surface area contributed by atoms with Gasteiger partial charge in [0.25, 0.3) is 0 Å². The molecule has 1 heterocycles. The van der Waals surface area contributed by atoms with E-state index >= 15 is 0 Å². The van der Waals surface area contributed by atoms with Gasteiger partial charge < -0.3 is 10.1 Å². The van der Waals surface area contributed by atoms with Crippen molar-refractivity contribution in [1.29, 1.82) is 0 Å². The van der Waals surface area contributed by atoms with Gasteiger partial charge in [0, 0.05) is 4.90 Å². The van der Waals surface area contributed by atoms with Crippen molar-refractivity contribution < 1.29 is 14.3 Å². The maximum Gasteiger partial charge on any atom is 0.337 e. The third-order valence-electron chi connectivity index (χ3n) is 2.56. The van der Waals surface area contributed by atoms with Crippen molar-refractivity contribution in [2.24, 2.45) is 0 Å². The zero-order chi connectivity index (χ0) is 12.6. The van der Waals surface area contributed by atoms with Gasteiger partial charge in [0.05, 0.1) is 23.1 Å². The number of esters is 1. The Morgan fingerprint density at radius 2 is 2.12 bits per heavy atom. The zero-order valence-corrected chi connectivity index (χ0v) is 10.7. The van der Waals surface area contributed by atoms with Gasteiger partial charge in [0.15, 0.2) is 0 Å². The average Bonchev–Trinajstić information content (AvgIpc) is 2.28. The molecule has 17 heavy (non-hydrogen) atoms. The molecule has 90 valence electrons. The van der Waals surface area contributed by atoms with Crippen LogP contribution in [0.5, 0.6) is 0 Å². The molecule has 4 nitrogen and oxygen atoms in total. The van der Waals surface area contributed by atoms with Crippen molar-refractivity contribution in [3.8, 4) is 0 Å². The molecule has 0 unspecified atom stereocenters. The van der Waals surface area contributed by atoms with Gasteiger partial charge in [-0.2, -0.15) is 0 Å². The quantitative estimate of drug-likeness (QED) is 0.778. The second kappa shape index (κ2) is 4.07. The molecule has 0 spiro atoms. The Kier molecular flexibility index (Phi) is 2.87. The Morgan fingerprint density at radius 1 is 1.41 bits per heavy atom. The number of carbonyl (C=O) groups is 2. The van der Waals surface area contributed by atoms with Crippen LogP contribution in [0.1, 0.15) is 24.2 Å². The maximum atomic E-state index is 11.8. The second-order valence-electron chi connectivity index (χ2n) is 4.27. The summed E-state index contributed by atoms with van der Waals surface area (Å²) in [6.45, 7) is 3.73. The van der Waals surface area contributed by atoms with Gasteiger partial charge in [-0.1, -0.05) is 0 Å². The summed E-state index contributed by atoms with van der Waals surface area (Å²) in [7, 11) is 1.33. The molecular weight excluding hydrogens is 238 g/mol. The van der Waals surface area contributed by atoms with Crippen LogP contribution in [0, 0.1) is 0 Å². The number of hydrogen-bond acceptors (Lipinski definition) is 4. The standard InChI is InChI=1S/C12H13NO3S/c1-12(2)11(15)13-8-6-7(10(14)16-3)4-5-9(8)17-12/h4-6H,1-3H3,(H,13,15). The Hall–Kier alpha value is -1.49. The average molecular weight is 251 g/mol. The number of methoxy groups -OCH3 is 1. The van der Waals surface area contributed by atoms with Crippen LogP contribution in [0.25, 0.3) is 0 Å². The van der Waals surface area contributed by atoms with E-state index < -0.39 is 10.7 Å². The fourth-order valence-electron chi connectivity index (χ4n) is 1.56. The molecule has 1 N–H and O–H groups in total. The van der Waals surface area contributed by atoms with Gasteiger partial charge >= 0.3 is 5.97 Å². The summed E-state index contributed by atoms with van der Waals surface area (Å²) in [6.07, 6.45) is 0. The lowest BCUT2D eigenvalue weighted by Gasteiger charge is -2.29. The summed E-state index contributed by atoms with van der Waals surface area (Å²) in [6, 6.07) is 5.17. The number of amides is 1. The van der Waals surface area contributed by atoms with E-state index in [2.05, 4.69) is 10.1 Å². The first kappa shape index (κ1) is 12.0. The molecule has 0 aliphatic carbocycles. The third-order valence-corrected chi connectivity index (χ3v) is 3.83. The lowest BCUT2D eigenvalue weighted by atomic mass is 10.1. The van der Waals surface area contributed by atoms with Crippen molar-refractivity contribution >= 4 is 29.3 Å². The molecule has 5 heteroatoms. The molecule has 0 fully saturated rings. The van der Waals surface area contributed by atoms with Gasteiger partial charge in [-0.15, -0.1) is 11.8 Å². The van der Waals surface area contributed by atoms with Crippen molar-refractivity contribution in [2.45, 2.75) is 23.5 Å². The first-order valence-corrected chi connectivity index (χ1v) is 5.98. The van der Waals surface area contributed by atoms with Gasteiger partial charge in [-0.05, 0) is 32.0 Å². The number of thioether (sulfide) groups is 1. The lowest BCUT2D eigenvalue weighted by Crippen LogP contribution is -2.37. The summed E-state index contributed by atoms with van der Waals surface area (Å²) in [4.78, 5) is 24.1. The van der Waals surface area contributed by atoms with Crippen LogP contribution >= 0.6 is 11.8 Å². The molecule has 0 saturated carbocycles. The number of ether oxygens (including phenoxy) is 1. The minimum absolute atomic E-state index is 0.0583. The highest BCUT2D eigenvalue weighted by Gasteiger charge is 2.34. The summed E-state index contributed by atoms with van der Waals surface area (Å²) < 4.78 is 4.15. The summed E-state index contributed by atoms with van der Waals surface area (Å²) in [5, 5.41) is 2.80. The molecule has 0 bridgehead atoms. The molecule has 1 aliphatic heterocycles. The topological polar surface area (TPSA) is 55.4 Å². The van der Waals surface area contributed by atoms with E-state index in [1.807, 2.05) is 19.9 Å². The lowest BCUT2D eigenvalue weighted by molar-refractivity contribution is -0.117. The number of benzene rings is 1. The van der Waals surface area contributed by atoms with Crippen LogP contribution in [0.4, 0.5) is 5.69 Å². The fraction of sp³-hybridized carbons (Fsp3) is 0.333. The minimum atomic E-state index is -0.486. The van der Waals surface area contributed by atoms with E-state index in [0.29, 0.717) is 11.3 Å². The van der Waals surface area contributed by atoms with Crippen LogP contribution in [0.15, 0.2) is 23.1 Å². The van der Waals surface area contributed by atoms with E-state index in [0.717, 1.165) is 4.90 Å². The van der Waals surface area contributed by atoms with Crippen molar-refractivity contribution in [3.05, 3.63) is 23.8 Å². The van der Waals surface area contributed by atoms with E-state index in [4.69, 9.17) is 0 Å². The van der Waals surface area contributed by atoms with Crippen molar-refractivity contribution in [3.63, 3.8) is 0 Å². The molecule has 1 aromatic rings. The van der Waals surface area contributed by atoms with Crippen LogP contribution in [0.2, 0.25) is 0 Å². The molecule has 1 aliphatic rings. The van der Waals surface area contributed by atoms with E-state index in [9.17, 15) is 9.59 Å². The largest absolute Gasteiger partial charge is 0.465 e. The summed E-state index contributed by atoms with van der Waals surface area (Å²) in [5.74, 6) is -0.464. The maximum absolute atomic E-state index is 11.8. The molecule has 1 aromatic carbocycles. The van der Waals surface area contributed by atoms with Crippen LogP contribution in [-0.4, -0.2) is 23.7 Å². The Balaban J connectivity index is 2.39. The smallest absolute Gasteiger partial charge is 0.337 e. The molecule has 2 rings (SSSR count). The molecule has 0 atom stereocenters. The normalized spacial score (nSPS) is 17.0. The fourth-order valence-corrected chi connectivity index (χ4v) is 2.61. The van der Waals surface area contributed by atoms with E-state index in [1.165, 1.54) is 18.9 Å². The van der Waals surface area contributed by atoms with E-state index in [-0.39, 0.29) is 5.91 Å². The van der Waals surface area contributed by atoms with Gasteiger partial charge in [0.2, 0.25) is 5.91 Å². The Labute approximate surface area is 104 Å². The van der Waals surface area contributed by atoms with Crippen LogP contribution < -0.4 is 5.32 Å². The summed E-state index contributed by atoms with van der Waals surface area (Å²) >= 11 is 1.49. The first-order chi connectivity index (χ1) is 7.94. The number of nitrogens with one attached hydrogen (secondary N) is 1. The minimum Gasteiger partial charge on any atom is -0.465 e. The monoisotopic (exact) mass is 251 g/mol. The van der Waals surface area contributed by atoms with Gasteiger partial charge in [-0.25, -0.2) is 4.79 Å². The van der Waals surface area contributed by atoms with Crippen molar-refractivity contribution in [2.75, 3.05) is 12.4 Å². The predicted octanol–water partition coefficient (Wildman–Crippen LogP) is 2.30.